The van der Waals surface area contributed by atoms with E-state index in [0.717, 1.165) is 6.54 Å². The maximum Gasteiger partial charge on any atom is 0.260 e. The molecule has 1 N–H and O–H groups in total. The fourth-order valence-corrected chi connectivity index (χ4v) is 2.29. The minimum Gasteiger partial charge on any atom is -0.440 e. The topological polar surface area (TPSA) is 38.1 Å². The summed E-state index contributed by atoms with van der Waals surface area (Å²) in [5.41, 5.74) is 1.37. The van der Waals surface area contributed by atoms with Gasteiger partial charge in [0.25, 0.3) is 5.22 Å². The van der Waals surface area contributed by atoms with Gasteiger partial charge in [-0.05, 0) is 44.2 Å². The Balaban J connectivity index is 2.10. The lowest BCUT2D eigenvalue weighted by Gasteiger charge is -2.21. The van der Waals surface area contributed by atoms with Crippen LogP contribution >= 0.6 is 11.8 Å². The number of aromatic nitrogens is 1. The predicted octanol–water partition coefficient (Wildman–Crippen LogP) is 3.71. The molecule has 0 unspecified atom stereocenters. The number of benzene rings is 1. The zero-order valence-electron chi connectivity index (χ0n) is 10.9. The summed E-state index contributed by atoms with van der Waals surface area (Å²) in [6.07, 6.45) is 3.26. The van der Waals surface area contributed by atoms with Crippen molar-refractivity contribution in [2.75, 3.05) is 0 Å². The van der Waals surface area contributed by atoms with Crippen molar-refractivity contribution in [3.63, 3.8) is 0 Å². The van der Waals surface area contributed by atoms with Crippen molar-refractivity contribution in [1.29, 1.82) is 0 Å². The van der Waals surface area contributed by atoms with E-state index in [1.807, 2.05) is 6.07 Å². The molecule has 0 saturated carbocycles. The molecule has 0 amide bonds. The van der Waals surface area contributed by atoms with Crippen LogP contribution in [0.2, 0.25) is 0 Å². The Bertz CT molecular complexity index is 489. The van der Waals surface area contributed by atoms with Crippen LogP contribution in [0.15, 0.2) is 51.3 Å². The molecule has 0 aliphatic carbocycles. The Morgan fingerprint density at radius 2 is 2.06 bits per heavy atom. The van der Waals surface area contributed by atoms with Crippen LogP contribution in [0.4, 0.5) is 0 Å². The zero-order chi connectivity index (χ0) is 13.0. The first-order valence-corrected chi connectivity index (χ1v) is 6.76. The summed E-state index contributed by atoms with van der Waals surface area (Å²) in [4.78, 5) is 5.31. The maximum absolute atomic E-state index is 5.27. The van der Waals surface area contributed by atoms with Crippen LogP contribution < -0.4 is 5.32 Å². The van der Waals surface area contributed by atoms with Gasteiger partial charge in [-0.2, -0.15) is 0 Å². The molecule has 1 heterocycles. The van der Waals surface area contributed by atoms with Crippen LogP contribution in [0.25, 0.3) is 0 Å². The van der Waals surface area contributed by atoms with Crippen molar-refractivity contribution in [3.8, 4) is 0 Å². The molecule has 4 heteroatoms. The standard InChI is InChI=1S/C14H18N2OS/c1-14(2,3)16-10-11-6-4-5-7-12(11)18-13-15-8-9-17-13/h4-9,16H,10H2,1-3H3. The number of rotatable bonds is 4. The van der Waals surface area contributed by atoms with E-state index in [0.29, 0.717) is 5.22 Å². The molecule has 0 radical (unpaired) electrons. The van der Waals surface area contributed by atoms with Crippen LogP contribution in [0, 0.1) is 0 Å². The normalized spacial score (nSPS) is 11.7. The van der Waals surface area contributed by atoms with Crippen molar-refractivity contribution < 1.29 is 4.42 Å². The summed E-state index contributed by atoms with van der Waals surface area (Å²) < 4.78 is 5.27. The van der Waals surface area contributed by atoms with Gasteiger partial charge in [0.15, 0.2) is 0 Å². The van der Waals surface area contributed by atoms with Gasteiger partial charge in [-0.25, -0.2) is 4.98 Å². The van der Waals surface area contributed by atoms with E-state index in [1.54, 1.807) is 24.2 Å². The Labute approximate surface area is 112 Å². The highest BCUT2D eigenvalue weighted by Crippen LogP contribution is 2.29. The van der Waals surface area contributed by atoms with Crippen LogP contribution in [-0.2, 0) is 6.54 Å². The molecule has 18 heavy (non-hydrogen) atoms. The smallest absolute Gasteiger partial charge is 0.260 e. The molecule has 0 saturated heterocycles. The average Bonchev–Trinajstić information content (AvgIpc) is 2.80. The predicted molar refractivity (Wildman–Crippen MR) is 73.7 cm³/mol. The first-order valence-electron chi connectivity index (χ1n) is 5.95. The van der Waals surface area contributed by atoms with E-state index in [-0.39, 0.29) is 5.54 Å². The third kappa shape index (κ3) is 3.89. The molecular formula is C14H18N2OS. The molecule has 0 atom stereocenters. The van der Waals surface area contributed by atoms with Crippen LogP contribution in [0.3, 0.4) is 0 Å². The Kier molecular flexibility index (Phi) is 4.09. The van der Waals surface area contributed by atoms with Gasteiger partial charge in [-0.1, -0.05) is 18.2 Å². The van der Waals surface area contributed by atoms with E-state index < -0.39 is 0 Å². The molecule has 1 aromatic heterocycles. The second-order valence-electron chi connectivity index (χ2n) is 5.11. The maximum atomic E-state index is 5.27. The highest BCUT2D eigenvalue weighted by molar-refractivity contribution is 7.99. The Morgan fingerprint density at radius 3 is 2.72 bits per heavy atom. The molecule has 2 rings (SSSR count). The first kappa shape index (κ1) is 13.2. The second kappa shape index (κ2) is 5.59. The first-order chi connectivity index (χ1) is 8.54. The Morgan fingerprint density at radius 1 is 1.28 bits per heavy atom. The van der Waals surface area contributed by atoms with Crippen molar-refractivity contribution in [1.82, 2.24) is 10.3 Å². The molecule has 0 fully saturated rings. The van der Waals surface area contributed by atoms with Crippen molar-refractivity contribution >= 4 is 11.8 Å². The summed E-state index contributed by atoms with van der Waals surface area (Å²) >= 11 is 1.55. The summed E-state index contributed by atoms with van der Waals surface area (Å²) in [5.74, 6) is 0. The molecule has 3 nitrogen and oxygen atoms in total. The second-order valence-corrected chi connectivity index (χ2v) is 6.10. The molecule has 1 aromatic carbocycles. The van der Waals surface area contributed by atoms with Crippen molar-refractivity contribution in [2.24, 2.45) is 0 Å². The largest absolute Gasteiger partial charge is 0.440 e. The summed E-state index contributed by atoms with van der Waals surface area (Å²) in [7, 11) is 0. The van der Waals surface area contributed by atoms with Crippen LogP contribution in [0.1, 0.15) is 26.3 Å². The van der Waals surface area contributed by atoms with Gasteiger partial charge in [0.2, 0.25) is 0 Å². The zero-order valence-corrected chi connectivity index (χ0v) is 11.8. The van der Waals surface area contributed by atoms with Crippen molar-refractivity contribution in [3.05, 3.63) is 42.3 Å². The van der Waals surface area contributed by atoms with E-state index in [4.69, 9.17) is 4.42 Å². The summed E-state index contributed by atoms with van der Waals surface area (Å²) in [5, 5.41) is 4.17. The molecule has 96 valence electrons. The minimum atomic E-state index is 0.112. The number of hydrogen-bond donors (Lipinski definition) is 1. The number of hydrogen-bond acceptors (Lipinski definition) is 4. The summed E-state index contributed by atoms with van der Waals surface area (Å²) in [6, 6.07) is 8.31. The SMILES string of the molecule is CC(C)(C)NCc1ccccc1Sc1ncco1. The number of oxazole rings is 1. The quantitative estimate of drug-likeness (QED) is 0.911. The fraction of sp³-hybridized carbons (Fsp3) is 0.357. The molecule has 0 aliphatic rings. The molecule has 0 spiro atoms. The fourth-order valence-electron chi connectivity index (χ4n) is 1.46. The number of nitrogens with one attached hydrogen (secondary N) is 1. The van der Waals surface area contributed by atoms with E-state index in [1.165, 1.54) is 10.5 Å². The molecule has 0 aliphatic heterocycles. The van der Waals surface area contributed by atoms with Crippen molar-refractivity contribution in [2.45, 2.75) is 43.0 Å². The van der Waals surface area contributed by atoms with Gasteiger partial charge in [0.05, 0.1) is 6.20 Å². The van der Waals surface area contributed by atoms with Crippen LogP contribution in [0.5, 0.6) is 0 Å². The third-order valence-corrected chi connectivity index (χ3v) is 3.38. The average molecular weight is 262 g/mol. The molecular weight excluding hydrogens is 244 g/mol. The van der Waals surface area contributed by atoms with E-state index in [9.17, 15) is 0 Å². The Hall–Kier alpha value is -1.26. The van der Waals surface area contributed by atoms with Gasteiger partial charge >= 0.3 is 0 Å². The highest BCUT2D eigenvalue weighted by atomic mass is 32.2. The van der Waals surface area contributed by atoms with Gasteiger partial charge < -0.3 is 9.73 Å². The monoisotopic (exact) mass is 262 g/mol. The minimum absolute atomic E-state index is 0.112. The molecule has 2 aromatic rings. The van der Waals surface area contributed by atoms with Gasteiger partial charge in [0.1, 0.15) is 6.26 Å². The lowest BCUT2D eigenvalue weighted by molar-refractivity contribution is 0.422. The van der Waals surface area contributed by atoms with E-state index >= 15 is 0 Å². The highest BCUT2D eigenvalue weighted by Gasteiger charge is 2.11. The van der Waals surface area contributed by atoms with Gasteiger partial charge in [0, 0.05) is 17.0 Å². The van der Waals surface area contributed by atoms with Gasteiger partial charge in [-0.3, -0.25) is 0 Å². The van der Waals surface area contributed by atoms with E-state index in [2.05, 4.69) is 49.3 Å². The number of nitrogens with zero attached hydrogens (tertiary/aromatic N) is 1. The third-order valence-electron chi connectivity index (χ3n) is 2.39. The summed E-state index contributed by atoms with van der Waals surface area (Å²) in [6.45, 7) is 7.33. The molecule has 0 bridgehead atoms. The van der Waals surface area contributed by atoms with Gasteiger partial charge in [-0.15, -0.1) is 0 Å². The lowest BCUT2D eigenvalue weighted by atomic mass is 10.1. The van der Waals surface area contributed by atoms with Crippen LogP contribution in [-0.4, -0.2) is 10.5 Å². The lowest BCUT2D eigenvalue weighted by Crippen LogP contribution is -2.35.